The molecule has 0 unspecified atom stereocenters. The molecule has 0 bridgehead atoms. The summed E-state index contributed by atoms with van der Waals surface area (Å²) < 4.78 is 0. The van der Waals surface area contributed by atoms with Gasteiger partial charge < -0.3 is 15.3 Å². The van der Waals surface area contributed by atoms with Gasteiger partial charge in [-0.05, 0) is 39.0 Å². The number of carboxylic acids is 1. The molecule has 1 aromatic rings. The number of anilines is 1. The Morgan fingerprint density at radius 1 is 1.24 bits per heavy atom. The van der Waals surface area contributed by atoms with E-state index >= 15 is 0 Å². The lowest BCUT2D eigenvalue weighted by Gasteiger charge is -2.35. The molecule has 0 saturated heterocycles. The van der Waals surface area contributed by atoms with E-state index in [1.54, 1.807) is 18.2 Å². The summed E-state index contributed by atoms with van der Waals surface area (Å²) in [6.45, 7) is 5.63. The van der Waals surface area contributed by atoms with Gasteiger partial charge in [0, 0.05) is 17.8 Å². The first-order chi connectivity index (χ1) is 9.61. The summed E-state index contributed by atoms with van der Waals surface area (Å²) in [5.74, 6) is -0.952. The lowest BCUT2D eigenvalue weighted by molar-refractivity contribution is -0.137. The first-order valence-corrected chi connectivity index (χ1v) is 7.12. The number of benzene rings is 1. The number of halogens is 2. The van der Waals surface area contributed by atoms with Crippen molar-refractivity contribution in [2.24, 2.45) is 0 Å². The highest BCUT2D eigenvalue weighted by Gasteiger charge is 2.27. The van der Waals surface area contributed by atoms with Gasteiger partial charge in [-0.25, -0.2) is 4.79 Å². The highest BCUT2D eigenvalue weighted by molar-refractivity contribution is 6.42. The number of hydrogen-bond acceptors (Lipinski definition) is 2. The van der Waals surface area contributed by atoms with E-state index < -0.39 is 11.5 Å². The van der Waals surface area contributed by atoms with Crippen molar-refractivity contribution in [3.05, 3.63) is 28.2 Å². The average molecular weight is 333 g/mol. The summed E-state index contributed by atoms with van der Waals surface area (Å²) in [5.41, 5.74) is -0.00516. The quantitative estimate of drug-likeness (QED) is 0.871. The van der Waals surface area contributed by atoms with Crippen LogP contribution in [0.1, 0.15) is 27.2 Å². The predicted octanol–water partition coefficient (Wildman–Crippen LogP) is 4.10. The fourth-order valence-electron chi connectivity index (χ4n) is 1.71. The highest BCUT2D eigenvalue weighted by atomic mass is 35.5. The lowest BCUT2D eigenvalue weighted by Crippen LogP contribution is -2.48. The number of carbonyl (C=O) groups excluding carboxylic acids is 1. The van der Waals surface area contributed by atoms with Crippen LogP contribution >= 0.6 is 23.2 Å². The van der Waals surface area contributed by atoms with Gasteiger partial charge in [0.25, 0.3) is 0 Å². The van der Waals surface area contributed by atoms with Crippen LogP contribution in [0.2, 0.25) is 10.0 Å². The van der Waals surface area contributed by atoms with Crippen LogP contribution in [0.4, 0.5) is 10.5 Å². The number of rotatable bonds is 4. The summed E-state index contributed by atoms with van der Waals surface area (Å²) in [7, 11) is 0. The lowest BCUT2D eigenvalue weighted by atomic mass is 10.1. The van der Waals surface area contributed by atoms with Crippen LogP contribution in [0.3, 0.4) is 0 Å². The summed E-state index contributed by atoms with van der Waals surface area (Å²) in [4.78, 5) is 24.5. The van der Waals surface area contributed by atoms with E-state index in [4.69, 9.17) is 28.3 Å². The minimum Gasteiger partial charge on any atom is -0.481 e. The number of nitrogens with one attached hydrogen (secondary N) is 1. The maximum absolute atomic E-state index is 12.3. The van der Waals surface area contributed by atoms with E-state index in [0.717, 1.165) is 0 Å². The Morgan fingerprint density at radius 3 is 2.33 bits per heavy atom. The Bertz CT molecular complexity index is 542. The molecule has 0 spiro atoms. The second-order valence-electron chi connectivity index (χ2n) is 5.53. The van der Waals surface area contributed by atoms with Crippen LogP contribution in [0.5, 0.6) is 0 Å². The molecule has 116 valence electrons. The second kappa shape index (κ2) is 7.00. The number of carboxylic acid groups (broad SMARTS) is 1. The van der Waals surface area contributed by atoms with Gasteiger partial charge in [-0.2, -0.15) is 0 Å². The zero-order valence-corrected chi connectivity index (χ0v) is 13.6. The monoisotopic (exact) mass is 332 g/mol. The fourth-order valence-corrected chi connectivity index (χ4v) is 2.01. The van der Waals surface area contributed by atoms with Crippen molar-refractivity contribution in [3.63, 3.8) is 0 Å². The second-order valence-corrected chi connectivity index (χ2v) is 6.34. The molecule has 0 aliphatic heterocycles. The molecule has 5 nitrogen and oxygen atoms in total. The van der Waals surface area contributed by atoms with Crippen LogP contribution in [-0.2, 0) is 4.79 Å². The molecule has 0 aliphatic carbocycles. The number of nitrogens with zero attached hydrogens (tertiary/aromatic N) is 1. The molecule has 0 saturated carbocycles. The third-order valence-corrected chi connectivity index (χ3v) is 3.51. The number of carbonyl (C=O) groups is 2. The summed E-state index contributed by atoms with van der Waals surface area (Å²) in [6, 6.07) is 4.37. The number of amides is 2. The van der Waals surface area contributed by atoms with Gasteiger partial charge >= 0.3 is 12.0 Å². The van der Waals surface area contributed by atoms with Gasteiger partial charge in [0.2, 0.25) is 0 Å². The van der Waals surface area contributed by atoms with Crippen molar-refractivity contribution in [3.8, 4) is 0 Å². The van der Waals surface area contributed by atoms with E-state index in [0.29, 0.717) is 15.7 Å². The van der Waals surface area contributed by atoms with Crippen molar-refractivity contribution >= 4 is 40.9 Å². The first-order valence-electron chi connectivity index (χ1n) is 6.36. The minimum absolute atomic E-state index is 0.117. The number of urea groups is 1. The summed E-state index contributed by atoms with van der Waals surface area (Å²) in [6.07, 6.45) is -0.119. The Hall–Kier alpha value is -1.46. The highest BCUT2D eigenvalue weighted by Crippen LogP contribution is 2.25. The fraction of sp³-hybridized carbons (Fsp3) is 0.429. The number of hydrogen-bond donors (Lipinski definition) is 2. The van der Waals surface area contributed by atoms with Gasteiger partial charge in [-0.3, -0.25) is 4.79 Å². The molecule has 0 atom stereocenters. The Kier molecular flexibility index (Phi) is 5.87. The Labute approximate surface area is 133 Å². The average Bonchev–Trinajstić information content (AvgIpc) is 2.32. The molecular formula is C14H18Cl2N2O3. The van der Waals surface area contributed by atoms with Crippen molar-refractivity contribution in [2.45, 2.75) is 32.7 Å². The van der Waals surface area contributed by atoms with Crippen molar-refractivity contribution in [1.82, 2.24) is 4.90 Å². The molecule has 1 rings (SSSR count). The maximum atomic E-state index is 12.3. The third-order valence-electron chi connectivity index (χ3n) is 2.78. The molecule has 0 aromatic heterocycles. The molecule has 0 radical (unpaired) electrons. The minimum atomic E-state index is -0.952. The van der Waals surface area contributed by atoms with Crippen molar-refractivity contribution < 1.29 is 14.7 Å². The van der Waals surface area contributed by atoms with Crippen LogP contribution in [0.15, 0.2) is 18.2 Å². The summed E-state index contributed by atoms with van der Waals surface area (Å²) >= 11 is 11.7. The van der Waals surface area contributed by atoms with E-state index in [1.807, 2.05) is 20.8 Å². The van der Waals surface area contributed by atoms with Gasteiger partial charge in [-0.15, -0.1) is 0 Å². The number of aliphatic carboxylic acids is 1. The van der Waals surface area contributed by atoms with Crippen LogP contribution in [0.25, 0.3) is 0 Å². The van der Waals surface area contributed by atoms with Gasteiger partial charge in [0.1, 0.15) is 0 Å². The van der Waals surface area contributed by atoms with Gasteiger partial charge in [0.15, 0.2) is 0 Å². The molecule has 0 aliphatic rings. The normalized spacial score (nSPS) is 11.1. The molecule has 7 heteroatoms. The molecule has 2 amide bonds. The molecule has 21 heavy (non-hydrogen) atoms. The maximum Gasteiger partial charge on any atom is 0.322 e. The van der Waals surface area contributed by atoms with E-state index in [9.17, 15) is 9.59 Å². The van der Waals surface area contributed by atoms with Crippen LogP contribution in [-0.4, -0.2) is 34.1 Å². The van der Waals surface area contributed by atoms with Crippen LogP contribution < -0.4 is 5.32 Å². The zero-order valence-electron chi connectivity index (χ0n) is 12.1. The topological polar surface area (TPSA) is 69.6 Å². The Balaban J connectivity index is 2.85. The molecule has 1 aromatic carbocycles. The third kappa shape index (κ3) is 5.44. The molecule has 2 N–H and O–H groups in total. The summed E-state index contributed by atoms with van der Waals surface area (Å²) in [5, 5.41) is 12.2. The van der Waals surface area contributed by atoms with Gasteiger partial charge in [-0.1, -0.05) is 23.2 Å². The molecule has 0 fully saturated rings. The van der Waals surface area contributed by atoms with E-state index in [-0.39, 0.29) is 19.0 Å². The molecule has 0 heterocycles. The van der Waals surface area contributed by atoms with Gasteiger partial charge in [0.05, 0.1) is 16.5 Å². The largest absolute Gasteiger partial charge is 0.481 e. The zero-order chi connectivity index (χ0) is 16.2. The SMILES string of the molecule is CC(C)(C)N(CCC(=O)O)C(=O)Nc1ccc(Cl)c(Cl)c1. The van der Waals surface area contributed by atoms with Crippen LogP contribution in [0, 0.1) is 0 Å². The van der Waals surface area contributed by atoms with Crippen molar-refractivity contribution in [2.75, 3.05) is 11.9 Å². The van der Waals surface area contributed by atoms with Crippen molar-refractivity contribution in [1.29, 1.82) is 0 Å². The first kappa shape index (κ1) is 17.6. The predicted molar refractivity (Wildman–Crippen MR) is 84.2 cm³/mol. The molecular weight excluding hydrogens is 315 g/mol. The standard InChI is InChI=1S/C14H18Cl2N2O3/c1-14(2,3)18(7-6-12(19)20)13(21)17-9-4-5-10(15)11(16)8-9/h4-5,8H,6-7H2,1-3H3,(H,17,21)(H,19,20). The Morgan fingerprint density at radius 2 is 1.86 bits per heavy atom. The van der Waals surface area contributed by atoms with E-state index in [2.05, 4.69) is 5.32 Å². The smallest absolute Gasteiger partial charge is 0.322 e. The van der Waals surface area contributed by atoms with E-state index in [1.165, 1.54) is 4.90 Å².